The van der Waals surface area contributed by atoms with E-state index in [1.54, 1.807) is 14.2 Å². The lowest BCUT2D eigenvalue weighted by Crippen LogP contribution is -2.40. The van der Waals surface area contributed by atoms with Gasteiger partial charge in [-0.15, -0.1) is 0 Å². The summed E-state index contributed by atoms with van der Waals surface area (Å²) in [5, 5.41) is 4.37. The number of fused-ring (bicyclic) bond motifs is 2. The normalized spacial score (nSPS) is 12.3. The van der Waals surface area contributed by atoms with Gasteiger partial charge in [0.25, 0.3) is 0 Å². The molecule has 0 saturated carbocycles. The third kappa shape index (κ3) is 6.37. The van der Waals surface area contributed by atoms with Gasteiger partial charge in [-0.2, -0.15) is 0 Å². The molecule has 0 aliphatic rings. The lowest BCUT2D eigenvalue weighted by molar-refractivity contribution is 0.0496. The number of hydrogen-bond acceptors (Lipinski definition) is 5. The predicted octanol–water partition coefficient (Wildman–Crippen LogP) is 9.67. The van der Waals surface area contributed by atoms with E-state index in [1.165, 1.54) is 0 Å². The highest BCUT2D eigenvalue weighted by Crippen LogP contribution is 2.51. The second-order valence-corrected chi connectivity index (χ2v) is 17.6. The van der Waals surface area contributed by atoms with Crippen LogP contribution >= 0.6 is 31.9 Å². The van der Waals surface area contributed by atoms with E-state index in [4.69, 9.17) is 23.4 Å². The average Bonchev–Trinajstić information content (AvgIpc) is 2.88. The Kier molecular flexibility index (Phi) is 9.46. The molecule has 4 rings (SSSR count). The number of benzene rings is 4. The van der Waals surface area contributed by atoms with Gasteiger partial charge in [0.1, 0.15) is 11.5 Å². The smallest absolute Gasteiger partial charge is 0.192 e. The highest BCUT2D eigenvalue weighted by molar-refractivity contribution is 9.11. The molecule has 8 heteroatoms. The van der Waals surface area contributed by atoms with Gasteiger partial charge in [0, 0.05) is 25.3 Å². The van der Waals surface area contributed by atoms with Gasteiger partial charge in [-0.05, 0) is 95.3 Å². The van der Waals surface area contributed by atoms with Crippen LogP contribution < -0.4 is 9.47 Å². The van der Waals surface area contributed by atoms with Crippen LogP contribution in [0, 0.1) is 0 Å². The molecule has 5 nitrogen and oxygen atoms in total. The Labute approximate surface area is 249 Å². The molecule has 39 heavy (non-hydrogen) atoms. The summed E-state index contributed by atoms with van der Waals surface area (Å²) in [6, 6.07) is 18.9. The molecule has 0 aromatic heterocycles. The Balaban J connectivity index is 1.97. The van der Waals surface area contributed by atoms with Crippen LogP contribution in [-0.2, 0) is 20.5 Å². The summed E-state index contributed by atoms with van der Waals surface area (Å²) >= 11 is 7.55. The molecule has 0 fully saturated rings. The van der Waals surface area contributed by atoms with Crippen molar-refractivity contribution in [1.29, 1.82) is 0 Å². The molecule has 0 radical (unpaired) electrons. The van der Waals surface area contributed by atoms with E-state index in [2.05, 4.69) is 108 Å². The fraction of sp³-hybridized carbons (Fsp3) is 0.355. The highest BCUT2D eigenvalue weighted by atomic mass is 79.9. The van der Waals surface area contributed by atoms with Crippen molar-refractivity contribution in [3.8, 4) is 22.6 Å². The van der Waals surface area contributed by atoms with Gasteiger partial charge in [-0.1, -0.05) is 57.2 Å². The maximum Gasteiger partial charge on any atom is 0.192 e. The monoisotopic (exact) mass is 674 g/mol. The van der Waals surface area contributed by atoms with Crippen molar-refractivity contribution in [1.82, 2.24) is 0 Å². The summed E-state index contributed by atoms with van der Waals surface area (Å²) in [5.41, 5.74) is 2.96. The SMILES string of the molecule is COCOc1c(Br)cc2ccccc2c1-c1c(OCOC)c(Br)cc2cc(CO[Si](C)(C)C(C)(C)C)ccc12. The topological polar surface area (TPSA) is 46.2 Å². The Bertz CT molecular complexity index is 1480. The average molecular weight is 677 g/mol. The molecule has 0 unspecified atom stereocenters. The number of methoxy groups -OCH3 is 2. The van der Waals surface area contributed by atoms with E-state index in [0.717, 1.165) is 47.2 Å². The summed E-state index contributed by atoms with van der Waals surface area (Å²) in [4.78, 5) is 0. The van der Waals surface area contributed by atoms with E-state index in [0.29, 0.717) is 18.1 Å². The number of hydrogen-bond donors (Lipinski definition) is 0. The molecular weight excluding hydrogens is 640 g/mol. The van der Waals surface area contributed by atoms with Crippen molar-refractivity contribution >= 4 is 61.7 Å². The van der Waals surface area contributed by atoms with Crippen LogP contribution in [-0.4, -0.2) is 36.1 Å². The number of halogens is 2. The zero-order valence-electron chi connectivity index (χ0n) is 23.6. The van der Waals surface area contributed by atoms with Crippen molar-refractivity contribution in [2.75, 3.05) is 27.8 Å². The minimum atomic E-state index is -1.89. The quantitative estimate of drug-likeness (QED) is 0.124. The van der Waals surface area contributed by atoms with Crippen molar-refractivity contribution in [2.45, 2.75) is 45.5 Å². The molecule has 0 bridgehead atoms. The van der Waals surface area contributed by atoms with Crippen LogP contribution in [0.5, 0.6) is 11.5 Å². The minimum absolute atomic E-state index is 0.107. The maximum atomic E-state index is 6.53. The van der Waals surface area contributed by atoms with E-state index < -0.39 is 8.32 Å². The van der Waals surface area contributed by atoms with Gasteiger partial charge < -0.3 is 23.4 Å². The molecule has 0 aliphatic heterocycles. The fourth-order valence-corrected chi connectivity index (χ4v) is 6.36. The molecular formula is C31H36Br2O5Si. The van der Waals surface area contributed by atoms with Gasteiger partial charge in [-0.25, -0.2) is 0 Å². The molecule has 0 atom stereocenters. The Hall–Kier alpha value is -1.94. The van der Waals surface area contributed by atoms with Crippen LogP contribution in [0.3, 0.4) is 0 Å². The summed E-state index contributed by atoms with van der Waals surface area (Å²) in [6.45, 7) is 12.1. The summed E-state index contributed by atoms with van der Waals surface area (Å²) in [6.07, 6.45) is 0. The first-order valence-electron chi connectivity index (χ1n) is 12.8. The second kappa shape index (κ2) is 12.3. The molecule has 0 aliphatic carbocycles. The molecule has 0 saturated heterocycles. The van der Waals surface area contributed by atoms with Gasteiger partial charge in [0.2, 0.25) is 0 Å². The van der Waals surface area contributed by atoms with Gasteiger partial charge in [0.05, 0.1) is 15.6 Å². The Morgan fingerprint density at radius 1 is 0.718 bits per heavy atom. The Morgan fingerprint density at radius 3 is 1.82 bits per heavy atom. The number of rotatable bonds is 10. The minimum Gasteiger partial charge on any atom is -0.466 e. The van der Waals surface area contributed by atoms with Crippen molar-refractivity contribution in [2.24, 2.45) is 0 Å². The highest BCUT2D eigenvalue weighted by Gasteiger charge is 2.37. The van der Waals surface area contributed by atoms with Crippen molar-refractivity contribution < 1.29 is 23.4 Å². The predicted molar refractivity (Wildman–Crippen MR) is 169 cm³/mol. The summed E-state index contributed by atoms with van der Waals surface area (Å²) in [5.74, 6) is 1.36. The molecule has 0 amide bonds. The standard InChI is InChI=1S/C31H36Br2O5Si/c1-31(2,3)39(6,7)38-17-20-12-13-24-22(14-20)16-26(33)30(37-19-35-5)28(24)27-23-11-9-8-10-21(23)15-25(32)29(27)36-18-34-4/h8-16H,17-19H2,1-7H3. The molecule has 0 heterocycles. The van der Waals surface area contributed by atoms with Crippen LogP contribution in [0.25, 0.3) is 32.7 Å². The lowest BCUT2D eigenvalue weighted by atomic mass is 9.91. The van der Waals surface area contributed by atoms with E-state index >= 15 is 0 Å². The van der Waals surface area contributed by atoms with Crippen LogP contribution in [0.4, 0.5) is 0 Å². The van der Waals surface area contributed by atoms with E-state index in [1.807, 2.05) is 12.1 Å². The zero-order chi connectivity index (χ0) is 28.4. The van der Waals surface area contributed by atoms with Crippen LogP contribution in [0.2, 0.25) is 18.1 Å². The summed E-state index contributed by atoms with van der Waals surface area (Å²) < 4.78 is 31.2. The van der Waals surface area contributed by atoms with Gasteiger partial charge in [0.15, 0.2) is 21.9 Å². The largest absolute Gasteiger partial charge is 0.466 e. The third-order valence-electron chi connectivity index (χ3n) is 7.37. The molecule has 4 aromatic carbocycles. The zero-order valence-corrected chi connectivity index (χ0v) is 27.8. The molecule has 208 valence electrons. The van der Waals surface area contributed by atoms with Crippen molar-refractivity contribution in [3.05, 3.63) is 69.1 Å². The van der Waals surface area contributed by atoms with Crippen LogP contribution in [0.1, 0.15) is 26.3 Å². The van der Waals surface area contributed by atoms with Gasteiger partial charge >= 0.3 is 0 Å². The Morgan fingerprint density at radius 2 is 1.26 bits per heavy atom. The van der Waals surface area contributed by atoms with E-state index in [-0.39, 0.29) is 18.6 Å². The molecule has 0 N–H and O–H groups in total. The maximum absolute atomic E-state index is 6.53. The summed E-state index contributed by atoms with van der Waals surface area (Å²) in [7, 11) is 1.34. The lowest BCUT2D eigenvalue weighted by Gasteiger charge is -2.36. The second-order valence-electron chi connectivity index (χ2n) is 11.1. The first-order valence-corrected chi connectivity index (χ1v) is 17.3. The molecule has 0 spiro atoms. The van der Waals surface area contributed by atoms with Gasteiger partial charge in [-0.3, -0.25) is 0 Å². The fourth-order valence-electron chi connectivity index (χ4n) is 4.28. The molecule has 4 aromatic rings. The first-order chi connectivity index (χ1) is 18.5. The van der Waals surface area contributed by atoms with E-state index in [9.17, 15) is 0 Å². The number of ether oxygens (including phenoxy) is 4. The van der Waals surface area contributed by atoms with Crippen molar-refractivity contribution in [3.63, 3.8) is 0 Å². The third-order valence-corrected chi connectivity index (χ3v) is 13.0. The first kappa shape index (κ1) is 30.0. The van der Waals surface area contributed by atoms with Crippen LogP contribution in [0.15, 0.2) is 63.5 Å².